The summed E-state index contributed by atoms with van der Waals surface area (Å²) in [7, 11) is 0. The Kier molecular flexibility index (Phi) is 5.18. The topological polar surface area (TPSA) is 48.0 Å². The Bertz CT molecular complexity index is 1120. The van der Waals surface area contributed by atoms with Crippen LogP contribution in [-0.2, 0) is 11.3 Å². The number of carbonyl (C=O) groups is 1. The van der Waals surface area contributed by atoms with E-state index in [9.17, 15) is 4.79 Å². The molecule has 0 saturated carbocycles. The predicted molar refractivity (Wildman–Crippen MR) is 115 cm³/mol. The number of hydrogen-bond acceptors (Lipinski definition) is 1. The van der Waals surface area contributed by atoms with Crippen LogP contribution in [0.2, 0.25) is 5.02 Å². The maximum absolute atomic E-state index is 11.9. The zero-order valence-electron chi connectivity index (χ0n) is 15.4. The fourth-order valence-electron chi connectivity index (χ4n) is 3.80. The molecule has 1 amide bonds. The molecule has 4 rings (SSSR count). The highest BCUT2D eigenvalue weighted by Crippen LogP contribution is 2.35. The van der Waals surface area contributed by atoms with Crippen molar-refractivity contribution in [3.63, 3.8) is 0 Å². The Morgan fingerprint density at radius 3 is 2.46 bits per heavy atom. The second-order valence-electron chi connectivity index (χ2n) is 6.99. The summed E-state index contributed by atoms with van der Waals surface area (Å²) in [6.45, 7) is 0.764. The average Bonchev–Trinajstić information content (AvgIpc) is 3.05. The molecule has 4 aromatic rings. The van der Waals surface area contributed by atoms with Gasteiger partial charge in [-0.25, -0.2) is 0 Å². The van der Waals surface area contributed by atoms with Crippen LogP contribution in [0.3, 0.4) is 0 Å². The first-order valence-electron chi connectivity index (χ1n) is 9.27. The molecule has 3 aromatic carbocycles. The van der Waals surface area contributed by atoms with E-state index in [-0.39, 0.29) is 18.2 Å². The molecule has 0 radical (unpaired) electrons. The van der Waals surface area contributed by atoms with E-state index < -0.39 is 0 Å². The highest BCUT2D eigenvalue weighted by Gasteiger charge is 2.22. The summed E-state index contributed by atoms with van der Waals surface area (Å²) in [4.78, 5) is 11.9. The molecule has 140 valence electrons. The maximum atomic E-state index is 11.9. The molecule has 0 bridgehead atoms. The number of fused-ring (bicyclic) bond motifs is 1. The molecule has 0 aliphatic rings. The van der Waals surface area contributed by atoms with Crippen LogP contribution in [0.1, 0.15) is 29.0 Å². The van der Waals surface area contributed by atoms with E-state index in [4.69, 9.17) is 17.3 Å². The first-order chi connectivity index (χ1) is 13.6. The number of primary amides is 1. The minimum atomic E-state index is -0.329. The first kappa shape index (κ1) is 18.3. The molecule has 1 atom stereocenters. The summed E-state index contributed by atoms with van der Waals surface area (Å²) in [6.07, 6.45) is 2.38. The van der Waals surface area contributed by atoms with Gasteiger partial charge in [-0.3, -0.25) is 4.79 Å². The molecule has 0 saturated heterocycles. The SMILES string of the molecule is NC(=O)C[C@H](c1cccc(Cl)c1)c1cn(Cc2ccccc2)c2ccccc12. The van der Waals surface area contributed by atoms with E-state index in [1.165, 1.54) is 5.56 Å². The van der Waals surface area contributed by atoms with Gasteiger partial charge in [0.05, 0.1) is 0 Å². The molecule has 28 heavy (non-hydrogen) atoms. The third-order valence-corrected chi connectivity index (χ3v) is 5.28. The fourth-order valence-corrected chi connectivity index (χ4v) is 3.99. The number of para-hydroxylation sites is 1. The minimum absolute atomic E-state index is 0.141. The van der Waals surface area contributed by atoms with Gasteiger partial charge < -0.3 is 10.3 Å². The molecule has 3 nitrogen and oxygen atoms in total. The van der Waals surface area contributed by atoms with Gasteiger partial charge in [0.25, 0.3) is 0 Å². The molecule has 1 heterocycles. The molecule has 0 fully saturated rings. The standard InChI is InChI=1S/C24H21ClN2O/c25-19-10-6-9-18(13-19)21(14-24(26)28)22-16-27(15-17-7-2-1-3-8-17)23-12-5-4-11-20(22)23/h1-13,16,21H,14-15H2,(H2,26,28)/t21-/m1/s1. The fraction of sp³-hybridized carbons (Fsp3) is 0.125. The molecular formula is C24H21ClN2O. The molecule has 1 aromatic heterocycles. The zero-order valence-corrected chi connectivity index (χ0v) is 16.1. The molecular weight excluding hydrogens is 368 g/mol. The number of aromatic nitrogens is 1. The Morgan fingerprint density at radius 2 is 1.71 bits per heavy atom. The Morgan fingerprint density at radius 1 is 0.964 bits per heavy atom. The largest absolute Gasteiger partial charge is 0.370 e. The van der Waals surface area contributed by atoms with Crippen LogP contribution in [0.25, 0.3) is 10.9 Å². The lowest BCUT2D eigenvalue weighted by Gasteiger charge is -2.16. The number of nitrogens with two attached hydrogens (primary N) is 1. The number of carbonyl (C=O) groups excluding carboxylic acids is 1. The van der Waals surface area contributed by atoms with E-state index in [1.807, 2.05) is 54.6 Å². The van der Waals surface area contributed by atoms with Crippen LogP contribution < -0.4 is 5.73 Å². The number of halogens is 1. The number of rotatable bonds is 6. The van der Waals surface area contributed by atoms with Crippen LogP contribution in [0.4, 0.5) is 0 Å². The summed E-state index contributed by atoms with van der Waals surface area (Å²) < 4.78 is 2.23. The predicted octanol–water partition coefficient (Wildman–Crippen LogP) is 5.35. The lowest BCUT2D eigenvalue weighted by molar-refractivity contribution is -0.118. The van der Waals surface area contributed by atoms with Gasteiger partial charge in [-0.05, 0) is 34.9 Å². The van der Waals surface area contributed by atoms with Gasteiger partial charge in [-0.1, -0.05) is 72.3 Å². The highest BCUT2D eigenvalue weighted by atomic mass is 35.5. The normalized spacial score (nSPS) is 12.2. The van der Waals surface area contributed by atoms with Crippen molar-refractivity contribution < 1.29 is 4.79 Å². The van der Waals surface area contributed by atoms with Gasteiger partial charge in [0, 0.05) is 41.0 Å². The molecule has 0 unspecified atom stereocenters. The van der Waals surface area contributed by atoms with E-state index in [0.29, 0.717) is 5.02 Å². The van der Waals surface area contributed by atoms with Gasteiger partial charge >= 0.3 is 0 Å². The van der Waals surface area contributed by atoms with Crippen molar-refractivity contribution in [3.8, 4) is 0 Å². The third kappa shape index (κ3) is 3.80. The number of amides is 1. The van der Waals surface area contributed by atoms with E-state index in [1.54, 1.807) is 0 Å². The summed E-state index contributed by atoms with van der Waals surface area (Å²) in [5, 5.41) is 1.78. The lowest BCUT2D eigenvalue weighted by Crippen LogP contribution is -2.16. The number of nitrogens with zero attached hydrogens (tertiary/aromatic N) is 1. The van der Waals surface area contributed by atoms with Crippen LogP contribution >= 0.6 is 11.6 Å². The first-order valence-corrected chi connectivity index (χ1v) is 9.65. The van der Waals surface area contributed by atoms with Crippen molar-refractivity contribution in [3.05, 3.63) is 107 Å². The smallest absolute Gasteiger partial charge is 0.218 e. The van der Waals surface area contributed by atoms with E-state index in [0.717, 1.165) is 28.6 Å². The zero-order chi connectivity index (χ0) is 19.5. The van der Waals surface area contributed by atoms with Crippen LogP contribution in [0, 0.1) is 0 Å². The molecule has 2 N–H and O–H groups in total. The summed E-state index contributed by atoms with van der Waals surface area (Å²) in [5.41, 5.74) is 10.0. The van der Waals surface area contributed by atoms with Crippen LogP contribution in [-0.4, -0.2) is 10.5 Å². The van der Waals surface area contributed by atoms with Gasteiger partial charge in [0.1, 0.15) is 0 Å². The van der Waals surface area contributed by atoms with Crippen molar-refractivity contribution in [2.24, 2.45) is 5.73 Å². The number of hydrogen-bond donors (Lipinski definition) is 1. The van der Waals surface area contributed by atoms with Crippen molar-refractivity contribution in [2.45, 2.75) is 18.9 Å². The second kappa shape index (κ2) is 7.91. The van der Waals surface area contributed by atoms with Crippen molar-refractivity contribution in [1.29, 1.82) is 0 Å². The van der Waals surface area contributed by atoms with Gasteiger partial charge in [0.2, 0.25) is 5.91 Å². The van der Waals surface area contributed by atoms with Crippen molar-refractivity contribution in [1.82, 2.24) is 4.57 Å². The minimum Gasteiger partial charge on any atom is -0.370 e. The third-order valence-electron chi connectivity index (χ3n) is 5.05. The average molecular weight is 389 g/mol. The highest BCUT2D eigenvalue weighted by molar-refractivity contribution is 6.30. The quantitative estimate of drug-likeness (QED) is 0.475. The van der Waals surface area contributed by atoms with E-state index >= 15 is 0 Å². The molecule has 0 spiro atoms. The lowest BCUT2D eigenvalue weighted by atomic mass is 9.88. The summed E-state index contributed by atoms with van der Waals surface area (Å²) in [5.74, 6) is -0.469. The molecule has 0 aliphatic heterocycles. The Balaban J connectivity index is 1.84. The molecule has 0 aliphatic carbocycles. The van der Waals surface area contributed by atoms with Crippen LogP contribution in [0.5, 0.6) is 0 Å². The monoisotopic (exact) mass is 388 g/mol. The Labute approximate surface area is 169 Å². The van der Waals surface area contributed by atoms with Crippen molar-refractivity contribution >= 4 is 28.4 Å². The van der Waals surface area contributed by atoms with Gasteiger partial charge in [-0.15, -0.1) is 0 Å². The van der Waals surface area contributed by atoms with Gasteiger partial charge in [0.15, 0.2) is 0 Å². The molecule has 4 heteroatoms. The van der Waals surface area contributed by atoms with Crippen LogP contribution in [0.15, 0.2) is 85.1 Å². The van der Waals surface area contributed by atoms with E-state index in [2.05, 4.69) is 35.0 Å². The van der Waals surface area contributed by atoms with Crippen molar-refractivity contribution in [2.75, 3.05) is 0 Å². The summed E-state index contributed by atoms with van der Waals surface area (Å²) >= 11 is 6.22. The Hall–Kier alpha value is -3.04. The number of benzene rings is 3. The summed E-state index contributed by atoms with van der Waals surface area (Å²) in [6, 6.07) is 26.3. The second-order valence-corrected chi connectivity index (χ2v) is 7.43. The maximum Gasteiger partial charge on any atom is 0.218 e. The van der Waals surface area contributed by atoms with Gasteiger partial charge in [-0.2, -0.15) is 0 Å².